The molecule has 0 radical (unpaired) electrons. The maximum Gasteiger partial charge on any atom is 0.243 e. The van der Waals surface area contributed by atoms with Crippen LogP contribution in [-0.2, 0) is 19.6 Å². The molecule has 1 unspecified atom stereocenters. The van der Waals surface area contributed by atoms with Gasteiger partial charge in [-0.25, -0.2) is 8.42 Å². The molecule has 0 fully saturated rings. The molecule has 0 aliphatic heterocycles. The SMILES string of the molecule is CCCS(=O)(=O)Nc1cccc(NC(=O)C(N)COC)c1.Cl. The summed E-state index contributed by atoms with van der Waals surface area (Å²) in [5.41, 5.74) is 6.46. The maximum atomic E-state index is 11.7. The molecule has 0 aliphatic carbocycles. The lowest BCUT2D eigenvalue weighted by Gasteiger charge is -2.12. The van der Waals surface area contributed by atoms with Crippen molar-refractivity contribution in [2.75, 3.05) is 29.5 Å². The number of sulfonamides is 1. The lowest BCUT2D eigenvalue weighted by Crippen LogP contribution is -2.39. The highest BCUT2D eigenvalue weighted by molar-refractivity contribution is 7.92. The molecule has 0 spiro atoms. The zero-order valence-corrected chi connectivity index (χ0v) is 14.2. The monoisotopic (exact) mass is 351 g/mol. The number of nitrogens with one attached hydrogen (secondary N) is 2. The Labute approximate surface area is 137 Å². The van der Waals surface area contributed by atoms with Crippen molar-refractivity contribution in [1.29, 1.82) is 0 Å². The molecule has 1 atom stereocenters. The predicted molar refractivity (Wildman–Crippen MR) is 89.9 cm³/mol. The molecule has 4 N–H and O–H groups in total. The number of halogens is 1. The quantitative estimate of drug-likeness (QED) is 0.651. The summed E-state index contributed by atoms with van der Waals surface area (Å²) in [4.78, 5) is 11.7. The van der Waals surface area contributed by atoms with Crippen LogP contribution in [0.1, 0.15) is 13.3 Å². The van der Waals surface area contributed by atoms with Gasteiger partial charge in [-0.2, -0.15) is 0 Å². The number of hydrogen-bond acceptors (Lipinski definition) is 5. The van der Waals surface area contributed by atoms with Crippen LogP contribution in [0.15, 0.2) is 24.3 Å². The highest BCUT2D eigenvalue weighted by atomic mass is 35.5. The average molecular weight is 352 g/mol. The molecule has 126 valence electrons. The molecule has 1 aromatic carbocycles. The van der Waals surface area contributed by atoms with E-state index in [1.54, 1.807) is 25.1 Å². The topological polar surface area (TPSA) is 111 Å². The van der Waals surface area contributed by atoms with E-state index >= 15 is 0 Å². The molecule has 0 saturated carbocycles. The number of ether oxygens (including phenoxy) is 1. The van der Waals surface area contributed by atoms with Crippen molar-refractivity contribution in [3.8, 4) is 0 Å². The minimum Gasteiger partial charge on any atom is -0.383 e. The molecule has 0 heterocycles. The fraction of sp³-hybridized carbons (Fsp3) is 0.462. The third-order valence-electron chi connectivity index (χ3n) is 2.56. The van der Waals surface area contributed by atoms with Crippen LogP contribution in [0.2, 0.25) is 0 Å². The van der Waals surface area contributed by atoms with Gasteiger partial charge in [0.2, 0.25) is 15.9 Å². The minimum atomic E-state index is -3.36. The van der Waals surface area contributed by atoms with Crippen molar-refractivity contribution in [2.24, 2.45) is 5.73 Å². The lowest BCUT2D eigenvalue weighted by molar-refractivity contribution is -0.118. The van der Waals surface area contributed by atoms with Gasteiger partial charge in [0.15, 0.2) is 0 Å². The van der Waals surface area contributed by atoms with Crippen molar-refractivity contribution in [3.05, 3.63) is 24.3 Å². The van der Waals surface area contributed by atoms with Crippen LogP contribution in [0.4, 0.5) is 11.4 Å². The fourth-order valence-electron chi connectivity index (χ4n) is 1.65. The highest BCUT2D eigenvalue weighted by Gasteiger charge is 2.14. The third-order valence-corrected chi connectivity index (χ3v) is 4.05. The number of hydrogen-bond donors (Lipinski definition) is 3. The number of anilines is 2. The number of carbonyl (C=O) groups excluding carboxylic acids is 1. The lowest BCUT2D eigenvalue weighted by atomic mass is 10.2. The Balaban J connectivity index is 0.00000441. The van der Waals surface area contributed by atoms with E-state index in [0.717, 1.165) is 0 Å². The predicted octanol–water partition coefficient (Wildman–Crippen LogP) is 1.17. The Hall–Kier alpha value is -1.35. The van der Waals surface area contributed by atoms with Gasteiger partial charge >= 0.3 is 0 Å². The van der Waals surface area contributed by atoms with Gasteiger partial charge in [-0.3, -0.25) is 9.52 Å². The maximum absolute atomic E-state index is 11.7. The van der Waals surface area contributed by atoms with Gasteiger partial charge in [0.25, 0.3) is 0 Å². The van der Waals surface area contributed by atoms with Crippen molar-refractivity contribution < 1.29 is 17.9 Å². The summed E-state index contributed by atoms with van der Waals surface area (Å²) in [5, 5.41) is 2.61. The van der Waals surface area contributed by atoms with E-state index in [4.69, 9.17) is 10.5 Å². The normalized spacial score (nSPS) is 12.1. The standard InChI is InChI=1S/C13H21N3O4S.ClH/c1-3-7-21(18,19)16-11-6-4-5-10(8-11)15-13(17)12(14)9-20-2;/h4-6,8,12,16H,3,7,9,14H2,1-2H3,(H,15,17);1H. The summed E-state index contributed by atoms with van der Waals surface area (Å²) in [6, 6.07) is 5.65. The van der Waals surface area contributed by atoms with E-state index in [0.29, 0.717) is 17.8 Å². The first-order valence-electron chi connectivity index (χ1n) is 6.54. The Morgan fingerprint density at radius 3 is 2.59 bits per heavy atom. The van der Waals surface area contributed by atoms with Crippen molar-refractivity contribution >= 4 is 39.7 Å². The molecular weight excluding hydrogens is 330 g/mol. The van der Waals surface area contributed by atoms with Crippen LogP contribution < -0.4 is 15.8 Å². The van der Waals surface area contributed by atoms with Gasteiger partial charge in [0.1, 0.15) is 6.04 Å². The van der Waals surface area contributed by atoms with E-state index < -0.39 is 22.0 Å². The Morgan fingerprint density at radius 2 is 2.00 bits per heavy atom. The molecule has 22 heavy (non-hydrogen) atoms. The molecule has 0 aromatic heterocycles. The average Bonchev–Trinajstić information content (AvgIpc) is 2.38. The number of rotatable bonds is 8. The molecule has 0 aliphatic rings. The van der Waals surface area contributed by atoms with Gasteiger partial charge in [0.05, 0.1) is 18.0 Å². The second-order valence-corrected chi connectivity index (χ2v) is 6.39. The summed E-state index contributed by atoms with van der Waals surface area (Å²) in [5.74, 6) is -0.354. The van der Waals surface area contributed by atoms with E-state index in [1.165, 1.54) is 13.2 Å². The number of benzene rings is 1. The molecule has 1 amide bonds. The zero-order valence-electron chi connectivity index (χ0n) is 12.5. The van der Waals surface area contributed by atoms with E-state index in [-0.39, 0.29) is 24.8 Å². The fourth-order valence-corrected chi connectivity index (χ4v) is 2.78. The highest BCUT2D eigenvalue weighted by Crippen LogP contribution is 2.16. The summed E-state index contributed by atoms with van der Waals surface area (Å²) in [7, 11) is -1.91. The molecule has 0 bridgehead atoms. The van der Waals surface area contributed by atoms with Crippen LogP contribution in [0.5, 0.6) is 0 Å². The van der Waals surface area contributed by atoms with E-state index in [1.807, 2.05) is 0 Å². The molecular formula is C13H22ClN3O4S. The van der Waals surface area contributed by atoms with Gasteiger partial charge in [-0.15, -0.1) is 12.4 Å². The third kappa shape index (κ3) is 7.08. The zero-order chi connectivity index (χ0) is 15.9. The van der Waals surface area contributed by atoms with Crippen molar-refractivity contribution in [2.45, 2.75) is 19.4 Å². The Bertz CT molecular complexity index is 580. The van der Waals surface area contributed by atoms with Crippen LogP contribution in [0.25, 0.3) is 0 Å². The largest absolute Gasteiger partial charge is 0.383 e. The Kier molecular flexibility index (Phi) is 9.03. The van der Waals surface area contributed by atoms with Crippen molar-refractivity contribution in [1.82, 2.24) is 0 Å². The molecule has 1 aromatic rings. The summed E-state index contributed by atoms with van der Waals surface area (Å²) >= 11 is 0. The van der Waals surface area contributed by atoms with Crippen LogP contribution in [0, 0.1) is 0 Å². The second-order valence-electron chi connectivity index (χ2n) is 4.55. The second kappa shape index (κ2) is 9.62. The van der Waals surface area contributed by atoms with Gasteiger partial charge in [0, 0.05) is 12.8 Å². The van der Waals surface area contributed by atoms with E-state index in [2.05, 4.69) is 10.0 Å². The van der Waals surface area contributed by atoms with Crippen LogP contribution >= 0.6 is 12.4 Å². The summed E-state index contributed by atoms with van der Waals surface area (Å²) in [6.45, 7) is 1.89. The number of amides is 1. The first-order valence-corrected chi connectivity index (χ1v) is 8.19. The Morgan fingerprint density at radius 1 is 1.36 bits per heavy atom. The summed E-state index contributed by atoms with van der Waals surface area (Å²) in [6.07, 6.45) is 0.525. The number of carbonyl (C=O) groups is 1. The number of nitrogens with two attached hydrogens (primary N) is 1. The van der Waals surface area contributed by atoms with Gasteiger partial charge in [-0.05, 0) is 24.6 Å². The molecule has 7 nitrogen and oxygen atoms in total. The van der Waals surface area contributed by atoms with E-state index in [9.17, 15) is 13.2 Å². The molecule has 9 heteroatoms. The number of methoxy groups -OCH3 is 1. The van der Waals surface area contributed by atoms with Gasteiger partial charge in [-0.1, -0.05) is 13.0 Å². The summed E-state index contributed by atoms with van der Waals surface area (Å²) < 4.78 is 30.6. The van der Waals surface area contributed by atoms with Crippen LogP contribution in [0.3, 0.4) is 0 Å². The first-order chi connectivity index (χ1) is 9.88. The minimum absolute atomic E-state index is 0. The molecule has 1 rings (SSSR count). The van der Waals surface area contributed by atoms with Crippen LogP contribution in [-0.4, -0.2) is 39.8 Å². The van der Waals surface area contributed by atoms with Gasteiger partial charge < -0.3 is 15.8 Å². The smallest absolute Gasteiger partial charge is 0.243 e. The van der Waals surface area contributed by atoms with Crippen molar-refractivity contribution in [3.63, 3.8) is 0 Å². The first kappa shape index (κ1) is 20.6. The molecule has 0 saturated heterocycles.